The zero-order valence-electron chi connectivity index (χ0n) is 31.3. The predicted molar refractivity (Wildman–Crippen MR) is 197 cm³/mol. The number of nitrogens with one attached hydrogen (secondary N) is 5. The second-order valence-corrected chi connectivity index (χ2v) is 13.7. The molecule has 304 valence electrons. The molecule has 1 aromatic carbocycles. The molecule has 0 spiro atoms. The third kappa shape index (κ3) is 13.4. The molecular weight excluding hydrogens is 720 g/mol. The van der Waals surface area contributed by atoms with E-state index in [2.05, 4.69) is 26.6 Å². The number of nitrogens with zero attached hydrogens (tertiary/aromatic N) is 1. The van der Waals surface area contributed by atoms with Gasteiger partial charge in [0.1, 0.15) is 30.3 Å². The number of nitrogens with two attached hydrogens (primary N) is 2. The second-order valence-electron chi connectivity index (χ2n) is 13.7. The Morgan fingerprint density at radius 3 is 2.20 bits per heavy atom. The van der Waals surface area contributed by atoms with Gasteiger partial charge in [0.05, 0.1) is 0 Å². The van der Waals surface area contributed by atoms with Crippen LogP contribution < -0.4 is 38.1 Å². The summed E-state index contributed by atoms with van der Waals surface area (Å²) in [6, 6.07) is 2.70. The maximum atomic E-state index is 13.6. The van der Waals surface area contributed by atoms with Crippen LogP contribution in [0.2, 0.25) is 0 Å². The summed E-state index contributed by atoms with van der Waals surface area (Å²) in [7, 11) is 1.22. The van der Waals surface area contributed by atoms with Crippen molar-refractivity contribution in [3.8, 4) is 0 Å². The van der Waals surface area contributed by atoms with E-state index in [-0.39, 0.29) is 44.2 Å². The minimum absolute atomic E-state index is 0.0206. The Bertz CT molecular complexity index is 1520. The van der Waals surface area contributed by atoms with Crippen LogP contribution in [0.4, 0.5) is 10.5 Å². The number of imide groups is 1. The largest absolute Gasteiger partial charge is 0.388 e. The van der Waals surface area contributed by atoms with E-state index in [1.807, 2.05) is 12.1 Å². The minimum atomic E-state index is -1.84. The van der Waals surface area contributed by atoms with Gasteiger partial charge >= 0.3 is 6.03 Å². The molecule has 19 heteroatoms. The van der Waals surface area contributed by atoms with Gasteiger partial charge in [0.2, 0.25) is 17.7 Å². The number of urea groups is 1. The molecule has 1 aromatic rings. The Morgan fingerprint density at radius 2 is 1.60 bits per heavy atom. The number of methoxy groups -OCH3 is 1. The Morgan fingerprint density at radius 1 is 0.927 bits per heavy atom. The van der Waals surface area contributed by atoms with Gasteiger partial charge in [0, 0.05) is 44.5 Å². The van der Waals surface area contributed by atoms with Crippen LogP contribution in [-0.2, 0) is 44.7 Å². The van der Waals surface area contributed by atoms with Crippen LogP contribution in [0.1, 0.15) is 57.9 Å². The monoisotopic (exact) mass is 774 g/mol. The molecule has 0 aliphatic carbocycles. The van der Waals surface area contributed by atoms with E-state index >= 15 is 0 Å². The Hall–Kier alpha value is -4.95. The standard InChI is InChI=1S/C36H54N8O11/c1-20(2)27(33(51)41-23(8-7-18-39-36(38)53)32(50)40-22-12-10-21(11-13-22)16-17-37)43-34(52)31-30(49)29(48)28(35(54-3)55-31)42-24(45)9-5-4-6-19-44-25(46)14-15-26(44)47/h10-15,20,23,27-31,35,48-49H,4-9,16-19,37H2,1-3H3,(H,40,50)(H,41,51)(H,42,45)(H,43,52)(H3,38,39,53)/t23?,27-,28?,29-,30?,31+,35?/m1/s1. The van der Waals surface area contributed by atoms with Crippen molar-refractivity contribution >= 4 is 47.2 Å². The first-order valence-electron chi connectivity index (χ1n) is 18.3. The van der Waals surface area contributed by atoms with Crippen LogP contribution in [0, 0.1) is 5.92 Å². The van der Waals surface area contributed by atoms with Gasteiger partial charge in [0.25, 0.3) is 17.7 Å². The van der Waals surface area contributed by atoms with Crippen molar-refractivity contribution in [3.05, 3.63) is 42.0 Å². The highest BCUT2D eigenvalue weighted by molar-refractivity contribution is 6.12. The van der Waals surface area contributed by atoms with Gasteiger partial charge in [0.15, 0.2) is 12.4 Å². The molecule has 2 aliphatic rings. The fourth-order valence-corrected chi connectivity index (χ4v) is 6.05. The Kier molecular flexibility index (Phi) is 17.6. The molecule has 2 heterocycles. The van der Waals surface area contributed by atoms with Gasteiger partial charge in [-0.25, -0.2) is 4.79 Å². The fourth-order valence-electron chi connectivity index (χ4n) is 6.05. The van der Waals surface area contributed by atoms with Crippen LogP contribution in [0.3, 0.4) is 0 Å². The molecule has 3 rings (SSSR count). The molecule has 11 N–H and O–H groups in total. The lowest BCUT2D eigenvalue weighted by Crippen LogP contribution is -2.67. The highest BCUT2D eigenvalue weighted by atomic mass is 16.7. The summed E-state index contributed by atoms with van der Waals surface area (Å²) < 4.78 is 11.0. The number of primary amides is 1. The van der Waals surface area contributed by atoms with Gasteiger partial charge in [-0.05, 0) is 62.3 Å². The first kappa shape index (κ1) is 44.4. The van der Waals surface area contributed by atoms with Crippen molar-refractivity contribution in [1.82, 2.24) is 26.2 Å². The molecule has 4 unspecified atom stereocenters. The highest BCUT2D eigenvalue weighted by Gasteiger charge is 2.49. The molecule has 2 aliphatic heterocycles. The molecule has 0 bridgehead atoms. The topological polar surface area (TPSA) is 294 Å². The van der Waals surface area contributed by atoms with Crippen LogP contribution in [0.5, 0.6) is 0 Å². The molecule has 19 nitrogen and oxygen atoms in total. The molecule has 8 amide bonds. The molecular formula is C36H54N8O11. The smallest absolute Gasteiger partial charge is 0.312 e. The van der Waals surface area contributed by atoms with Gasteiger partial charge in [-0.3, -0.25) is 33.7 Å². The predicted octanol–water partition coefficient (Wildman–Crippen LogP) is -1.74. The lowest BCUT2D eigenvalue weighted by atomic mass is 9.95. The zero-order chi connectivity index (χ0) is 40.7. The van der Waals surface area contributed by atoms with E-state index in [9.17, 15) is 43.8 Å². The fraction of sp³-hybridized carbons (Fsp3) is 0.583. The summed E-state index contributed by atoms with van der Waals surface area (Å²) in [6.45, 7) is 4.12. The average molecular weight is 775 g/mol. The van der Waals surface area contributed by atoms with Crippen LogP contribution >= 0.6 is 0 Å². The molecule has 0 saturated carbocycles. The number of hydrogen-bond acceptors (Lipinski definition) is 12. The summed E-state index contributed by atoms with van der Waals surface area (Å²) in [6.07, 6.45) is -1.78. The summed E-state index contributed by atoms with van der Waals surface area (Å²) in [5.41, 5.74) is 12.2. The number of aliphatic hydroxyl groups is 2. The number of amides is 8. The third-order valence-electron chi connectivity index (χ3n) is 9.11. The molecule has 1 fully saturated rings. The van der Waals surface area contributed by atoms with Gasteiger partial charge in [-0.1, -0.05) is 32.4 Å². The van der Waals surface area contributed by atoms with Gasteiger partial charge in [-0.15, -0.1) is 0 Å². The number of anilines is 1. The van der Waals surface area contributed by atoms with Crippen LogP contribution in [0.15, 0.2) is 36.4 Å². The quantitative estimate of drug-likeness (QED) is 0.0497. The van der Waals surface area contributed by atoms with E-state index in [1.165, 1.54) is 19.3 Å². The molecule has 0 radical (unpaired) electrons. The summed E-state index contributed by atoms with van der Waals surface area (Å²) in [5, 5.41) is 34.9. The van der Waals surface area contributed by atoms with Crippen LogP contribution in [0.25, 0.3) is 0 Å². The van der Waals surface area contributed by atoms with E-state index in [1.54, 1.807) is 26.0 Å². The minimum Gasteiger partial charge on any atom is -0.388 e. The lowest BCUT2D eigenvalue weighted by molar-refractivity contribution is -0.252. The first-order chi connectivity index (χ1) is 26.2. The number of unbranched alkanes of at least 4 members (excludes halogenated alkanes) is 2. The van der Waals surface area contributed by atoms with E-state index < -0.39 is 78.3 Å². The van der Waals surface area contributed by atoms with E-state index in [4.69, 9.17) is 20.9 Å². The summed E-state index contributed by atoms with van der Waals surface area (Å²) in [5.74, 6) is -4.02. The maximum Gasteiger partial charge on any atom is 0.312 e. The number of carbonyl (C=O) groups excluding carboxylic acids is 7. The summed E-state index contributed by atoms with van der Waals surface area (Å²) >= 11 is 0. The number of hydrogen-bond donors (Lipinski definition) is 9. The number of aliphatic hydroxyl groups excluding tert-OH is 2. The van der Waals surface area contributed by atoms with Crippen molar-refractivity contribution in [1.29, 1.82) is 0 Å². The normalized spacial score (nSPS) is 21.9. The number of benzene rings is 1. The second kappa shape index (κ2) is 21.8. The molecule has 1 saturated heterocycles. The lowest BCUT2D eigenvalue weighted by Gasteiger charge is -2.42. The van der Waals surface area contributed by atoms with Crippen molar-refractivity contribution in [3.63, 3.8) is 0 Å². The van der Waals surface area contributed by atoms with Crippen molar-refractivity contribution in [2.24, 2.45) is 17.4 Å². The maximum absolute atomic E-state index is 13.6. The summed E-state index contributed by atoms with van der Waals surface area (Å²) in [4.78, 5) is 88.8. The van der Waals surface area contributed by atoms with Crippen molar-refractivity contribution < 1.29 is 53.2 Å². The highest BCUT2D eigenvalue weighted by Crippen LogP contribution is 2.23. The van der Waals surface area contributed by atoms with Gasteiger partial charge in [-0.2, -0.15) is 0 Å². The number of ether oxygens (including phenoxy) is 2. The van der Waals surface area contributed by atoms with E-state index in [0.29, 0.717) is 37.9 Å². The molecule has 55 heavy (non-hydrogen) atoms. The zero-order valence-corrected chi connectivity index (χ0v) is 31.3. The molecule has 7 atom stereocenters. The van der Waals surface area contributed by atoms with Gasteiger partial charge < -0.3 is 57.7 Å². The first-order valence-corrected chi connectivity index (χ1v) is 18.3. The van der Waals surface area contributed by atoms with Crippen LogP contribution in [-0.4, -0.2) is 126 Å². The SMILES string of the molecule is COC1O[C@H](C(=O)N[C@@H](C(=O)NC(CCCNC(N)=O)C(=O)Nc2ccc(CCN)cc2)C(C)C)C(O)[C@H](O)C1NC(=O)CCCCCN1C(=O)C=CC1=O. The Balaban J connectivity index is 1.59. The average Bonchev–Trinajstić information content (AvgIpc) is 3.46. The number of carbonyl (C=O) groups is 7. The Labute approximate surface area is 319 Å². The van der Waals surface area contributed by atoms with E-state index in [0.717, 1.165) is 10.5 Å². The third-order valence-corrected chi connectivity index (χ3v) is 9.11. The number of rotatable bonds is 21. The molecule has 0 aromatic heterocycles. The van der Waals surface area contributed by atoms with Crippen molar-refractivity contribution in [2.45, 2.75) is 102 Å². The van der Waals surface area contributed by atoms with Crippen molar-refractivity contribution in [2.75, 3.05) is 32.1 Å².